The predicted octanol–water partition coefficient (Wildman–Crippen LogP) is 3.28. The molecule has 0 saturated heterocycles. The number of rotatable bonds is 8. The lowest BCUT2D eigenvalue weighted by Crippen LogP contribution is -2.43. The molecular formula is C26H33NO8. The minimum Gasteiger partial charge on any atom is -0.493 e. The number of nitrogens with one attached hydrogen (secondary N) is 1. The Kier molecular flexibility index (Phi) is 8.09. The summed E-state index contributed by atoms with van der Waals surface area (Å²) in [6.07, 6.45) is 1.08. The van der Waals surface area contributed by atoms with Gasteiger partial charge in [-0.2, -0.15) is 0 Å². The van der Waals surface area contributed by atoms with E-state index in [0.717, 1.165) is 0 Å². The first-order valence-electron chi connectivity index (χ1n) is 11.5. The number of allylic oxidation sites excluding steroid dienone is 3. The minimum atomic E-state index is -0.986. The summed E-state index contributed by atoms with van der Waals surface area (Å²) in [5.41, 5.74) is 2.35. The second-order valence-corrected chi connectivity index (χ2v) is 8.59. The fourth-order valence-corrected chi connectivity index (χ4v) is 4.89. The Hall–Kier alpha value is -3.49. The molecule has 190 valence electrons. The van der Waals surface area contributed by atoms with Gasteiger partial charge in [0.25, 0.3) is 0 Å². The molecule has 1 heterocycles. The van der Waals surface area contributed by atoms with E-state index in [1.165, 1.54) is 28.4 Å². The summed E-state index contributed by atoms with van der Waals surface area (Å²) in [5, 5.41) is 3.24. The van der Waals surface area contributed by atoms with E-state index in [1.807, 2.05) is 13.8 Å². The molecule has 1 aromatic rings. The van der Waals surface area contributed by atoms with Gasteiger partial charge in [0.2, 0.25) is 5.75 Å². The van der Waals surface area contributed by atoms with Gasteiger partial charge < -0.3 is 29.0 Å². The van der Waals surface area contributed by atoms with Crippen LogP contribution in [0.4, 0.5) is 0 Å². The molecule has 1 aromatic carbocycles. The zero-order chi connectivity index (χ0) is 25.9. The van der Waals surface area contributed by atoms with Crippen molar-refractivity contribution in [2.75, 3.05) is 35.0 Å². The lowest BCUT2D eigenvalue weighted by Gasteiger charge is -2.38. The molecule has 9 nitrogen and oxygen atoms in total. The smallest absolute Gasteiger partial charge is 0.336 e. The molecule has 0 fully saturated rings. The standard InChI is InChI=1S/C26H33NO8/c1-8-11-35-26(30)19-14(3)27-16-12-13(2)18(25(29)34-7)22(28)21(16)20(19)15-9-10-17(31-4)24(33-6)23(15)32-5/h9-10,13,18,20,27H,8,11-12H2,1-7H3/t13-,18-,20+/m0/s1. The van der Waals surface area contributed by atoms with Crippen LogP contribution >= 0.6 is 0 Å². The number of ketones is 1. The zero-order valence-electron chi connectivity index (χ0n) is 21.3. The summed E-state index contributed by atoms with van der Waals surface area (Å²) in [4.78, 5) is 39.7. The number of methoxy groups -OCH3 is 4. The van der Waals surface area contributed by atoms with Crippen LogP contribution in [0.15, 0.2) is 34.7 Å². The summed E-state index contributed by atoms with van der Waals surface area (Å²) in [5.74, 6) is -2.59. The Balaban J connectivity index is 2.30. The fourth-order valence-electron chi connectivity index (χ4n) is 4.89. The van der Waals surface area contributed by atoms with Gasteiger partial charge in [-0.3, -0.25) is 9.59 Å². The highest BCUT2D eigenvalue weighted by Crippen LogP contribution is 2.51. The van der Waals surface area contributed by atoms with Crippen molar-refractivity contribution in [2.45, 2.75) is 39.5 Å². The SMILES string of the molecule is CCCOC(=O)C1=C(C)NC2=C(C(=O)[C@@H](C(=O)OC)[C@@H](C)C2)[C@@H]1c1ccc(OC)c(OC)c1OC. The summed E-state index contributed by atoms with van der Waals surface area (Å²) >= 11 is 0. The van der Waals surface area contributed by atoms with Crippen molar-refractivity contribution in [3.63, 3.8) is 0 Å². The predicted molar refractivity (Wildman–Crippen MR) is 127 cm³/mol. The molecule has 1 N–H and O–H groups in total. The van der Waals surface area contributed by atoms with Gasteiger partial charge in [0.1, 0.15) is 5.92 Å². The first-order valence-corrected chi connectivity index (χ1v) is 11.5. The number of esters is 2. The molecule has 3 atom stereocenters. The first-order chi connectivity index (χ1) is 16.7. The van der Waals surface area contributed by atoms with E-state index < -0.39 is 29.6 Å². The Morgan fingerprint density at radius 3 is 2.31 bits per heavy atom. The fraction of sp³-hybridized carbons (Fsp3) is 0.500. The van der Waals surface area contributed by atoms with E-state index in [0.29, 0.717) is 52.6 Å². The van der Waals surface area contributed by atoms with Crippen LogP contribution in [-0.4, -0.2) is 52.8 Å². The Morgan fingerprint density at radius 1 is 1.06 bits per heavy atom. The van der Waals surface area contributed by atoms with Crippen molar-refractivity contribution in [1.82, 2.24) is 5.32 Å². The van der Waals surface area contributed by atoms with Gasteiger partial charge in [-0.15, -0.1) is 0 Å². The van der Waals surface area contributed by atoms with Crippen molar-refractivity contribution in [2.24, 2.45) is 11.8 Å². The van der Waals surface area contributed by atoms with E-state index in [-0.39, 0.29) is 18.1 Å². The molecule has 9 heteroatoms. The average Bonchev–Trinajstić information content (AvgIpc) is 2.84. The monoisotopic (exact) mass is 487 g/mol. The van der Waals surface area contributed by atoms with Crippen LogP contribution in [0, 0.1) is 11.8 Å². The molecule has 2 aliphatic rings. The normalized spacial score (nSPS) is 21.7. The van der Waals surface area contributed by atoms with Gasteiger partial charge in [0, 0.05) is 22.5 Å². The molecule has 3 rings (SSSR count). The maximum Gasteiger partial charge on any atom is 0.336 e. The third-order valence-electron chi connectivity index (χ3n) is 6.45. The second-order valence-electron chi connectivity index (χ2n) is 8.59. The number of benzene rings is 1. The third-order valence-corrected chi connectivity index (χ3v) is 6.45. The van der Waals surface area contributed by atoms with E-state index in [4.69, 9.17) is 23.7 Å². The van der Waals surface area contributed by atoms with E-state index in [2.05, 4.69) is 5.32 Å². The Bertz CT molecular complexity index is 1090. The highest BCUT2D eigenvalue weighted by Gasteiger charge is 2.48. The van der Waals surface area contributed by atoms with Crippen LogP contribution in [0.1, 0.15) is 45.1 Å². The molecule has 0 unspecified atom stereocenters. The molecule has 0 spiro atoms. The topological polar surface area (TPSA) is 109 Å². The van der Waals surface area contributed by atoms with Gasteiger partial charge >= 0.3 is 11.9 Å². The first kappa shape index (κ1) is 26.1. The lowest BCUT2D eigenvalue weighted by atomic mass is 9.69. The quantitative estimate of drug-likeness (QED) is 0.436. The molecule has 0 bridgehead atoms. The van der Waals surface area contributed by atoms with Crippen molar-refractivity contribution in [3.05, 3.63) is 40.2 Å². The second kappa shape index (κ2) is 10.8. The van der Waals surface area contributed by atoms with Crippen LogP contribution in [0.25, 0.3) is 0 Å². The largest absolute Gasteiger partial charge is 0.493 e. The number of carbonyl (C=O) groups excluding carboxylic acids is 3. The van der Waals surface area contributed by atoms with Crippen LogP contribution in [-0.2, 0) is 23.9 Å². The van der Waals surface area contributed by atoms with Crippen LogP contribution < -0.4 is 19.5 Å². The highest BCUT2D eigenvalue weighted by molar-refractivity contribution is 6.12. The van der Waals surface area contributed by atoms with Gasteiger partial charge in [-0.05, 0) is 31.7 Å². The average molecular weight is 488 g/mol. The lowest BCUT2D eigenvalue weighted by molar-refractivity contribution is -0.151. The summed E-state index contributed by atoms with van der Waals surface area (Å²) in [6, 6.07) is 3.43. The van der Waals surface area contributed by atoms with Crippen LogP contribution in [0.2, 0.25) is 0 Å². The number of dihydropyridines is 1. The van der Waals surface area contributed by atoms with Gasteiger partial charge in [0.05, 0.1) is 46.5 Å². The Morgan fingerprint density at radius 2 is 1.74 bits per heavy atom. The maximum atomic E-state index is 13.9. The number of hydrogen-bond donors (Lipinski definition) is 1. The maximum absolute atomic E-state index is 13.9. The van der Waals surface area contributed by atoms with Crippen LogP contribution in [0.3, 0.4) is 0 Å². The number of carbonyl (C=O) groups is 3. The molecule has 1 aliphatic heterocycles. The molecule has 1 aliphatic carbocycles. The molecule has 35 heavy (non-hydrogen) atoms. The van der Waals surface area contributed by atoms with Gasteiger partial charge in [-0.1, -0.05) is 19.9 Å². The van der Waals surface area contributed by atoms with Crippen molar-refractivity contribution >= 4 is 17.7 Å². The van der Waals surface area contributed by atoms with Gasteiger partial charge in [-0.25, -0.2) is 4.79 Å². The van der Waals surface area contributed by atoms with Crippen molar-refractivity contribution < 1.29 is 38.1 Å². The summed E-state index contributed by atoms with van der Waals surface area (Å²) < 4.78 is 27.1. The van der Waals surface area contributed by atoms with Crippen molar-refractivity contribution in [1.29, 1.82) is 0 Å². The molecule has 0 amide bonds. The molecular weight excluding hydrogens is 454 g/mol. The summed E-state index contributed by atoms with van der Waals surface area (Å²) in [6.45, 7) is 5.73. The van der Waals surface area contributed by atoms with E-state index in [1.54, 1.807) is 19.1 Å². The summed E-state index contributed by atoms with van der Waals surface area (Å²) in [7, 11) is 5.73. The third kappa shape index (κ3) is 4.59. The molecule has 0 radical (unpaired) electrons. The highest BCUT2D eigenvalue weighted by atomic mass is 16.5. The minimum absolute atomic E-state index is 0.229. The molecule has 0 aromatic heterocycles. The van der Waals surface area contributed by atoms with Gasteiger partial charge in [0.15, 0.2) is 17.3 Å². The Labute approximate surface area is 205 Å². The molecule has 0 saturated carbocycles. The van der Waals surface area contributed by atoms with Crippen molar-refractivity contribution in [3.8, 4) is 17.2 Å². The van der Waals surface area contributed by atoms with E-state index in [9.17, 15) is 14.4 Å². The number of hydrogen-bond acceptors (Lipinski definition) is 9. The zero-order valence-corrected chi connectivity index (χ0v) is 21.3. The van der Waals surface area contributed by atoms with E-state index >= 15 is 0 Å². The number of ether oxygens (including phenoxy) is 5. The van der Waals surface area contributed by atoms with Crippen LogP contribution in [0.5, 0.6) is 17.2 Å². The number of Topliss-reactive ketones (excluding diaryl/α,β-unsaturated/α-hetero) is 1.